The van der Waals surface area contributed by atoms with Crippen LogP contribution in [0.4, 0.5) is 0 Å². The Hall–Kier alpha value is -1.86. The zero-order valence-corrected chi connectivity index (χ0v) is 9.72. The van der Waals surface area contributed by atoms with Gasteiger partial charge in [-0.25, -0.2) is 0 Å². The number of benzene rings is 2. The second-order valence-corrected chi connectivity index (χ2v) is 4.43. The average Bonchev–Trinajstić information content (AvgIpc) is 2.68. The minimum absolute atomic E-state index is 0.471. The minimum atomic E-state index is -0.471. The summed E-state index contributed by atoms with van der Waals surface area (Å²) < 4.78 is 0. The lowest BCUT2D eigenvalue weighted by molar-refractivity contribution is 0.232. The number of hydrogen-bond donors (Lipinski definition) is 1. The summed E-state index contributed by atoms with van der Waals surface area (Å²) in [7, 11) is 0. The van der Waals surface area contributed by atoms with E-state index < -0.39 is 6.10 Å². The summed E-state index contributed by atoms with van der Waals surface area (Å²) >= 11 is 0. The van der Waals surface area contributed by atoms with Gasteiger partial charge in [0.1, 0.15) is 0 Å². The molecule has 0 amide bonds. The van der Waals surface area contributed by atoms with Crippen LogP contribution in [-0.2, 0) is 0 Å². The van der Waals surface area contributed by atoms with Gasteiger partial charge in [0.05, 0.1) is 6.10 Å². The van der Waals surface area contributed by atoms with E-state index in [0.717, 1.165) is 16.7 Å². The maximum atomic E-state index is 10.0. The van der Waals surface area contributed by atoms with Crippen LogP contribution in [0.2, 0.25) is 0 Å². The van der Waals surface area contributed by atoms with Gasteiger partial charge < -0.3 is 5.11 Å². The largest absolute Gasteiger partial charge is 0.384 e. The van der Waals surface area contributed by atoms with E-state index in [1.165, 1.54) is 11.1 Å². The first kappa shape index (κ1) is 10.3. The molecule has 1 nitrogen and oxygen atoms in total. The van der Waals surface area contributed by atoms with E-state index in [1.807, 2.05) is 36.4 Å². The SMILES string of the molecule is Cc1ccccc1C1=C[C@H](O)c2ccccc21. The number of hydrogen-bond acceptors (Lipinski definition) is 1. The van der Waals surface area contributed by atoms with Crippen LogP contribution in [0.3, 0.4) is 0 Å². The number of rotatable bonds is 1. The summed E-state index contributed by atoms with van der Waals surface area (Å²) in [6.45, 7) is 2.10. The van der Waals surface area contributed by atoms with Crippen molar-refractivity contribution in [3.05, 3.63) is 76.9 Å². The van der Waals surface area contributed by atoms with Crippen LogP contribution in [0.5, 0.6) is 0 Å². The minimum Gasteiger partial charge on any atom is -0.384 e. The molecule has 1 atom stereocenters. The summed E-state index contributed by atoms with van der Waals surface area (Å²) in [4.78, 5) is 0. The number of fused-ring (bicyclic) bond motifs is 1. The van der Waals surface area contributed by atoms with Gasteiger partial charge in [0.15, 0.2) is 0 Å². The molecular formula is C16H14O. The molecule has 17 heavy (non-hydrogen) atoms. The van der Waals surface area contributed by atoms with Gasteiger partial charge in [-0.1, -0.05) is 48.5 Å². The van der Waals surface area contributed by atoms with Gasteiger partial charge in [0, 0.05) is 0 Å². The van der Waals surface area contributed by atoms with Crippen LogP contribution in [0.1, 0.15) is 28.4 Å². The molecule has 0 bridgehead atoms. The lowest BCUT2D eigenvalue weighted by atomic mass is 9.96. The average molecular weight is 222 g/mol. The van der Waals surface area contributed by atoms with Gasteiger partial charge in [-0.3, -0.25) is 0 Å². The molecule has 3 rings (SSSR count). The smallest absolute Gasteiger partial charge is 0.0986 e. The van der Waals surface area contributed by atoms with E-state index in [0.29, 0.717) is 0 Å². The Balaban J connectivity index is 2.19. The molecule has 0 unspecified atom stereocenters. The highest BCUT2D eigenvalue weighted by Crippen LogP contribution is 2.38. The number of aliphatic hydroxyl groups excluding tert-OH is 1. The van der Waals surface area contributed by atoms with Crippen molar-refractivity contribution in [2.45, 2.75) is 13.0 Å². The Morgan fingerprint density at radius 2 is 1.53 bits per heavy atom. The van der Waals surface area contributed by atoms with Gasteiger partial charge in [-0.2, -0.15) is 0 Å². The summed E-state index contributed by atoms with van der Waals surface area (Å²) in [5, 5.41) is 10.0. The molecule has 1 aliphatic rings. The van der Waals surface area contributed by atoms with Gasteiger partial charge >= 0.3 is 0 Å². The molecule has 0 spiro atoms. The molecule has 1 heteroatoms. The topological polar surface area (TPSA) is 20.2 Å². The summed E-state index contributed by atoms with van der Waals surface area (Å²) in [5.41, 5.74) is 5.74. The van der Waals surface area contributed by atoms with Crippen molar-refractivity contribution in [1.82, 2.24) is 0 Å². The summed E-state index contributed by atoms with van der Waals surface area (Å²) in [6.07, 6.45) is 1.47. The molecule has 0 aliphatic heterocycles. The van der Waals surface area contributed by atoms with E-state index in [2.05, 4.69) is 25.1 Å². The first-order chi connectivity index (χ1) is 8.27. The summed E-state index contributed by atoms with van der Waals surface area (Å²) in [5.74, 6) is 0. The Bertz CT molecular complexity index is 596. The van der Waals surface area contributed by atoms with Gasteiger partial charge in [-0.05, 0) is 40.8 Å². The first-order valence-corrected chi connectivity index (χ1v) is 5.82. The van der Waals surface area contributed by atoms with Gasteiger partial charge in [0.2, 0.25) is 0 Å². The van der Waals surface area contributed by atoms with Gasteiger partial charge in [-0.15, -0.1) is 0 Å². The van der Waals surface area contributed by atoms with E-state index in [9.17, 15) is 5.11 Å². The van der Waals surface area contributed by atoms with Crippen molar-refractivity contribution in [3.8, 4) is 0 Å². The molecule has 0 saturated heterocycles. The second kappa shape index (κ2) is 3.86. The predicted octanol–water partition coefficient (Wildman–Crippen LogP) is 3.47. The molecule has 1 N–H and O–H groups in total. The first-order valence-electron chi connectivity index (χ1n) is 5.82. The summed E-state index contributed by atoms with van der Waals surface area (Å²) in [6, 6.07) is 16.3. The molecule has 0 fully saturated rings. The van der Waals surface area contributed by atoms with Crippen molar-refractivity contribution in [3.63, 3.8) is 0 Å². The molecule has 0 heterocycles. The van der Waals surface area contributed by atoms with Crippen LogP contribution < -0.4 is 0 Å². The fraction of sp³-hybridized carbons (Fsp3) is 0.125. The van der Waals surface area contributed by atoms with E-state index >= 15 is 0 Å². The third-order valence-electron chi connectivity index (χ3n) is 3.33. The maximum Gasteiger partial charge on any atom is 0.0986 e. The Morgan fingerprint density at radius 1 is 0.882 bits per heavy atom. The second-order valence-electron chi connectivity index (χ2n) is 4.43. The monoisotopic (exact) mass is 222 g/mol. The normalized spacial score (nSPS) is 17.8. The van der Waals surface area contributed by atoms with E-state index in [-0.39, 0.29) is 0 Å². The third-order valence-corrected chi connectivity index (χ3v) is 3.33. The lowest BCUT2D eigenvalue weighted by Crippen LogP contribution is -1.90. The molecule has 1 aliphatic carbocycles. The highest BCUT2D eigenvalue weighted by molar-refractivity contribution is 5.86. The van der Waals surface area contributed by atoms with Crippen LogP contribution in [-0.4, -0.2) is 5.11 Å². The Labute approximate surface area is 101 Å². The van der Waals surface area contributed by atoms with Crippen molar-refractivity contribution in [2.75, 3.05) is 0 Å². The van der Waals surface area contributed by atoms with Crippen molar-refractivity contribution < 1.29 is 5.11 Å². The lowest BCUT2D eigenvalue weighted by Gasteiger charge is -2.08. The third kappa shape index (κ3) is 1.60. The number of aliphatic hydroxyl groups is 1. The van der Waals surface area contributed by atoms with E-state index in [4.69, 9.17) is 0 Å². The van der Waals surface area contributed by atoms with Crippen LogP contribution >= 0.6 is 0 Å². The van der Waals surface area contributed by atoms with Crippen LogP contribution in [0, 0.1) is 6.92 Å². The van der Waals surface area contributed by atoms with Gasteiger partial charge in [0.25, 0.3) is 0 Å². The van der Waals surface area contributed by atoms with Crippen LogP contribution in [0.25, 0.3) is 5.57 Å². The van der Waals surface area contributed by atoms with Crippen molar-refractivity contribution >= 4 is 5.57 Å². The molecule has 0 aromatic heterocycles. The number of aryl methyl sites for hydroxylation is 1. The molecule has 84 valence electrons. The van der Waals surface area contributed by atoms with Crippen LogP contribution in [0.15, 0.2) is 54.6 Å². The Morgan fingerprint density at radius 3 is 2.29 bits per heavy atom. The molecule has 0 saturated carbocycles. The molecule has 2 aromatic rings. The standard InChI is InChI=1S/C16H14O/c1-11-6-2-3-7-12(11)15-10-16(17)14-9-5-4-8-13(14)15/h2-10,16-17H,1H3/t16-/m0/s1. The fourth-order valence-corrected chi connectivity index (χ4v) is 2.45. The van der Waals surface area contributed by atoms with E-state index in [1.54, 1.807) is 0 Å². The van der Waals surface area contributed by atoms with Crippen molar-refractivity contribution in [1.29, 1.82) is 0 Å². The quantitative estimate of drug-likeness (QED) is 0.783. The maximum absolute atomic E-state index is 10.0. The zero-order valence-electron chi connectivity index (χ0n) is 9.72. The van der Waals surface area contributed by atoms with Crippen molar-refractivity contribution in [2.24, 2.45) is 0 Å². The molecular weight excluding hydrogens is 208 g/mol. The highest BCUT2D eigenvalue weighted by Gasteiger charge is 2.22. The highest BCUT2D eigenvalue weighted by atomic mass is 16.3. The molecule has 0 radical (unpaired) electrons. The Kier molecular flexibility index (Phi) is 2.34. The predicted molar refractivity (Wildman–Crippen MR) is 69.7 cm³/mol. The fourth-order valence-electron chi connectivity index (χ4n) is 2.45. The molecule has 2 aromatic carbocycles. The zero-order chi connectivity index (χ0) is 11.8.